The molecule has 0 unspecified atom stereocenters. The zero-order valence-corrected chi connectivity index (χ0v) is 11.1. The van der Waals surface area contributed by atoms with E-state index in [1.54, 1.807) is 19.1 Å². The fourth-order valence-corrected chi connectivity index (χ4v) is 1.81. The predicted molar refractivity (Wildman–Crippen MR) is 74.4 cm³/mol. The Balaban J connectivity index is 2.37. The molecule has 0 aliphatic carbocycles. The molecule has 0 spiro atoms. The van der Waals surface area contributed by atoms with E-state index >= 15 is 0 Å². The number of aromatic nitrogens is 2. The molecule has 0 aliphatic rings. The van der Waals surface area contributed by atoms with Crippen LogP contribution in [0.25, 0.3) is 11.3 Å². The van der Waals surface area contributed by atoms with Crippen LogP contribution in [0.3, 0.4) is 0 Å². The average molecular weight is 260 g/mol. The van der Waals surface area contributed by atoms with E-state index in [4.69, 9.17) is 5.73 Å². The standard InChI is InChI=1S/C14H17FN4/c1-9-7-11(3-4-12(9)15)13-8-14(17-6-5-16)19-10(2)18-13/h3-4,7-8H,5-6,16H2,1-2H3,(H,17,18,19). The molecule has 0 saturated carbocycles. The molecule has 0 atom stereocenters. The molecule has 1 aromatic carbocycles. The van der Waals surface area contributed by atoms with Gasteiger partial charge in [-0.05, 0) is 37.6 Å². The zero-order chi connectivity index (χ0) is 13.8. The first-order valence-electron chi connectivity index (χ1n) is 6.16. The summed E-state index contributed by atoms with van der Waals surface area (Å²) in [5, 5.41) is 3.12. The summed E-state index contributed by atoms with van der Waals surface area (Å²) in [5.74, 6) is 1.19. The molecule has 0 fully saturated rings. The van der Waals surface area contributed by atoms with Crippen molar-refractivity contribution in [1.29, 1.82) is 0 Å². The molecule has 0 amide bonds. The lowest BCUT2D eigenvalue weighted by atomic mass is 10.1. The summed E-state index contributed by atoms with van der Waals surface area (Å²) < 4.78 is 13.3. The average Bonchev–Trinajstić information content (AvgIpc) is 2.39. The molecule has 0 radical (unpaired) electrons. The second kappa shape index (κ2) is 5.75. The first-order valence-corrected chi connectivity index (χ1v) is 6.16. The monoisotopic (exact) mass is 260 g/mol. The van der Waals surface area contributed by atoms with Crippen molar-refractivity contribution in [3.05, 3.63) is 41.5 Å². The molecule has 3 N–H and O–H groups in total. The highest BCUT2D eigenvalue weighted by Gasteiger charge is 2.06. The van der Waals surface area contributed by atoms with Crippen LogP contribution in [0.1, 0.15) is 11.4 Å². The van der Waals surface area contributed by atoms with Gasteiger partial charge in [-0.15, -0.1) is 0 Å². The molecule has 19 heavy (non-hydrogen) atoms. The molecular formula is C14H17FN4. The summed E-state index contributed by atoms with van der Waals surface area (Å²) >= 11 is 0. The highest BCUT2D eigenvalue weighted by Crippen LogP contribution is 2.22. The van der Waals surface area contributed by atoms with Crippen molar-refractivity contribution in [3.63, 3.8) is 0 Å². The molecule has 0 aliphatic heterocycles. The van der Waals surface area contributed by atoms with E-state index in [2.05, 4.69) is 15.3 Å². The number of hydrogen-bond donors (Lipinski definition) is 2. The van der Waals surface area contributed by atoms with Gasteiger partial charge in [0, 0.05) is 24.7 Å². The largest absolute Gasteiger partial charge is 0.369 e. The summed E-state index contributed by atoms with van der Waals surface area (Å²) in [5.41, 5.74) is 7.70. The number of nitrogens with two attached hydrogens (primary N) is 1. The van der Waals surface area contributed by atoms with Gasteiger partial charge in [-0.2, -0.15) is 0 Å². The van der Waals surface area contributed by atoms with Crippen LogP contribution in [0.15, 0.2) is 24.3 Å². The Labute approximate surface area is 111 Å². The number of nitrogens with zero attached hydrogens (tertiary/aromatic N) is 2. The fraction of sp³-hybridized carbons (Fsp3) is 0.286. The van der Waals surface area contributed by atoms with Gasteiger partial charge in [0.25, 0.3) is 0 Å². The number of rotatable bonds is 4. The van der Waals surface area contributed by atoms with Crippen LogP contribution in [0, 0.1) is 19.7 Å². The molecule has 2 aromatic rings. The molecule has 1 heterocycles. The van der Waals surface area contributed by atoms with Crippen molar-refractivity contribution in [2.24, 2.45) is 5.73 Å². The Morgan fingerprint density at radius 1 is 1.21 bits per heavy atom. The van der Waals surface area contributed by atoms with Crippen LogP contribution in [0.5, 0.6) is 0 Å². The van der Waals surface area contributed by atoms with E-state index < -0.39 is 0 Å². The summed E-state index contributed by atoms with van der Waals surface area (Å²) in [6, 6.07) is 6.80. The lowest BCUT2D eigenvalue weighted by Gasteiger charge is -2.08. The first kappa shape index (κ1) is 13.4. The third-order valence-electron chi connectivity index (χ3n) is 2.74. The maximum atomic E-state index is 13.3. The Bertz CT molecular complexity index is 584. The Morgan fingerprint density at radius 2 is 2.00 bits per heavy atom. The van der Waals surface area contributed by atoms with Crippen molar-refractivity contribution in [1.82, 2.24) is 9.97 Å². The van der Waals surface area contributed by atoms with Gasteiger partial charge in [-0.3, -0.25) is 0 Å². The van der Waals surface area contributed by atoms with Crippen LogP contribution in [-0.4, -0.2) is 23.1 Å². The van der Waals surface area contributed by atoms with E-state index in [1.807, 2.05) is 13.0 Å². The number of halogens is 1. The van der Waals surface area contributed by atoms with E-state index in [-0.39, 0.29) is 5.82 Å². The molecule has 0 bridgehead atoms. The molecule has 2 rings (SSSR count). The first-order chi connectivity index (χ1) is 9.10. The van der Waals surface area contributed by atoms with E-state index in [9.17, 15) is 4.39 Å². The minimum Gasteiger partial charge on any atom is -0.369 e. The van der Waals surface area contributed by atoms with E-state index in [1.165, 1.54) is 6.07 Å². The van der Waals surface area contributed by atoms with Gasteiger partial charge in [-0.25, -0.2) is 14.4 Å². The van der Waals surface area contributed by atoms with Crippen molar-refractivity contribution in [3.8, 4) is 11.3 Å². The summed E-state index contributed by atoms with van der Waals surface area (Å²) in [6.45, 7) is 4.75. The van der Waals surface area contributed by atoms with Gasteiger partial charge in [-0.1, -0.05) is 0 Å². The van der Waals surface area contributed by atoms with E-state index in [0.717, 1.165) is 17.1 Å². The summed E-state index contributed by atoms with van der Waals surface area (Å²) in [7, 11) is 0. The SMILES string of the molecule is Cc1nc(NCCN)cc(-c2ccc(F)c(C)c2)n1. The van der Waals surface area contributed by atoms with Crippen LogP contribution in [0.2, 0.25) is 0 Å². The lowest BCUT2D eigenvalue weighted by molar-refractivity contribution is 0.619. The number of benzene rings is 1. The second-order valence-electron chi connectivity index (χ2n) is 4.37. The molecule has 4 nitrogen and oxygen atoms in total. The summed E-state index contributed by atoms with van der Waals surface area (Å²) in [4.78, 5) is 8.66. The Kier molecular flexibility index (Phi) is 4.06. The maximum absolute atomic E-state index is 13.3. The van der Waals surface area contributed by atoms with Crippen molar-refractivity contribution < 1.29 is 4.39 Å². The normalized spacial score (nSPS) is 10.5. The maximum Gasteiger partial charge on any atom is 0.130 e. The Morgan fingerprint density at radius 3 is 2.68 bits per heavy atom. The number of aryl methyl sites for hydroxylation is 2. The molecular weight excluding hydrogens is 243 g/mol. The van der Waals surface area contributed by atoms with Crippen molar-refractivity contribution in [2.75, 3.05) is 18.4 Å². The predicted octanol–water partition coefficient (Wildman–Crippen LogP) is 2.27. The third kappa shape index (κ3) is 3.26. The highest BCUT2D eigenvalue weighted by atomic mass is 19.1. The smallest absolute Gasteiger partial charge is 0.130 e. The van der Waals surface area contributed by atoms with Gasteiger partial charge >= 0.3 is 0 Å². The number of hydrogen-bond acceptors (Lipinski definition) is 4. The molecule has 100 valence electrons. The quantitative estimate of drug-likeness (QED) is 0.885. The summed E-state index contributed by atoms with van der Waals surface area (Å²) in [6.07, 6.45) is 0. The van der Waals surface area contributed by atoms with Crippen LogP contribution in [-0.2, 0) is 0 Å². The minimum absolute atomic E-state index is 0.212. The van der Waals surface area contributed by atoms with E-state index in [0.29, 0.717) is 24.5 Å². The minimum atomic E-state index is -0.212. The number of nitrogens with one attached hydrogen (secondary N) is 1. The highest BCUT2D eigenvalue weighted by molar-refractivity contribution is 5.63. The number of anilines is 1. The van der Waals surface area contributed by atoms with Crippen molar-refractivity contribution in [2.45, 2.75) is 13.8 Å². The topological polar surface area (TPSA) is 63.8 Å². The lowest BCUT2D eigenvalue weighted by Crippen LogP contribution is -2.14. The van der Waals surface area contributed by atoms with Gasteiger partial charge in [0.1, 0.15) is 17.5 Å². The van der Waals surface area contributed by atoms with Gasteiger partial charge in [0.05, 0.1) is 5.69 Å². The van der Waals surface area contributed by atoms with Gasteiger partial charge in [0.2, 0.25) is 0 Å². The fourth-order valence-electron chi connectivity index (χ4n) is 1.81. The van der Waals surface area contributed by atoms with Crippen LogP contribution >= 0.6 is 0 Å². The van der Waals surface area contributed by atoms with Crippen LogP contribution in [0.4, 0.5) is 10.2 Å². The zero-order valence-electron chi connectivity index (χ0n) is 11.1. The Hall–Kier alpha value is -2.01. The van der Waals surface area contributed by atoms with Gasteiger partial charge in [0.15, 0.2) is 0 Å². The van der Waals surface area contributed by atoms with Crippen LogP contribution < -0.4 is 11.1 Å². The second-order valence-corrected chi connectivity index (χ2v) is 4.37. The van der Waals surface area contributed by atoms with Gasteiger partial charge < -0.3 is 11.1 Å². The third-order valence-corrected chi connectivity index (χ3v) is 2.74. The molecule has 0 saturated heterocycles. The molecule has 1 aromatic heterocycles. The van der Waals surface area contributed by atoms with Crippen molar-refractivity contribution >= 4 is 5.82 Å². The molecule has 5 heteroatoms.